The first-order valence-corrected chi connectivity index (χ1v) is 11.3. The van der Waals surface area contributed by atoms with Crippen LogP contribution < -0.4 is 0 Å². The second-order valence-corrected chi connectivity index (χ2v) is 8.38. The van der Waals surface area contributed by atoms with Gasteiger partial charge in [0.1, 0.15) is 5.69 Å². The predicted molar refractivity (Wildman–Crippen MR) is 125 cm³/mol. The standard InChI is InChI=1S/C26H30N4O2/c1-3-14-29-15-16-30(26(32)24-12-13-27-28(24)2)19-23(25(29)31)18-20-8-7-11-22(17-20)21-9-5-4-6-10-21/h4-13,17,23H,3,14-16,18-19H2,1-2H3/t23-/m1/s1. The highest BCUT2D eigenvalue weighted by atomic mass is 16.2. The SMILES string of the molecule is CCCN1CCN(C(=O)c2ccnn2C)C[C@@H](Cc2cccc(-c3ccccc3)c2)C1=O. The fourth-order valence-electron chi connectivity index (χ4n) is 4.41. The van der Waals surface area contributed by atoms with Gasteiger partial charge in [0.2, 0.25) is 5.91 Å². The molecular weight excluding hydrogens is 400 g/mol. The van der Waals surface area contributed by atoms with Gasteiger partial charge >= 0.3 is 0 Å². The fraction of sp³-hybridized carbons (Fsp3) is 0.346. The molecule has 166 valence electrons. The van der Waals surface area contributed by atoms with Crippen molar-refractivity contribution in [3.8, 4) is 11.1 Å². The van der Waals surface area contributed by atoms with Gasteiger partial charge in [0.15, 0.2) is 0 Å². The molecule has 2 aromatic carbocycles. The summed E-state index contributed by atoms with van der Waals surface area (Å²) in [5, 5.41) is 4.13. The van der Waals surface area contributed by atoms with Gasteiger partial charge in [-0.1, -0.05) is 61.5 Å². The number of rotatable bonds is 6. The third-order valence-corrected chi connectivity index (χ3v) is 6.08. The van der Waals surface area contributed by atoms with E-state index < -0.39 is 0 Å². The van der Waals surface area contributed by atoms with E-state index in [0.29, 0.717) is 38.3 Å². The van der Waals surface area contributed by atoms with E-state index in [0.717, 1.165) is 23.1 Å². The zero-order valence-electron chi connectivity index (χ0n) is 18.8. The Balaban J connectivity index is 1.59. The molecule has 1 aliphatic heterocycles. The Morgan fingerprint density at radius 2 is 1.81 bits per heavy atom. The van der Waals surface area contributed by atoms with E-state index in [2.05, 4.69) is 42.4 Å². The van der Waals surface area contributed by atoms with Crippen LogP contribution in [0.4, 0.5) is 0 Å². The Morgan fingerprint density at radius 3 is 2.53 bits per heavy atom. The minimum atomic E-state index is -0.271. The van der Waals surface area contributed by atoms with Crippen molar-refractivity contribution in [2.75, 3.05) is 26.2 Å². The maximum absolute atomic E-state index is 13.4. The smallest absolute Gasteiger partial charge is 0.272 e. The van der Waals surface area contributed by atoms with Gasteiger partial charge in [0.05, 0.1) is 5.92 Å². The number of nitrogens with zero attached hydrogens (tertiary/aromatic N) is 4. The van der Waals surface area contributed by atoms with E-state index in [1.807, 2.05) is 34.1 Å². The van der Waals surface area contributed by atoms with Crippen molar-refractivity contribution in [2.45, 2.75) is 19.8 Å². The highest BCUT2D eigenvalue weighted by Crippen LogP contribution is 2.24. The van der Waals surface area contributed by atoms with Crippen LogP contribution >= 0.6 is 0 Å². The summed E-state index contributed by atoms with van der Waals surface area (Å²) in [6.45, 7) is 4.31. The molecule has 1 atom stereocenters. The molecule has 2 heterocycles. The zero-order chi connectivity index (χ0) is 22.5. The fourth-order valence-corrected chi connectivity index (χ4v) is 4.41. The highest BCUT2D eigenvalue weighted by Gasteiger charge is 2.33. The summed E-state index contributed by atoms with van der Waals surface area (Å²) in [5.74, 6) is -0.205. The molecule has 0 radical (unpaired) electrons. The van der Waals surface area contributed by atoms with Gasteiger partial charge in [0, 0.05) is 39.4 Å². The third-order valence-electron chi connectivity index (χ3n) is 6.08. The number of hydrogen-bond acceptors (Lipinski definition) is 3. The lowest BCUT2D eigenvalue weighted by Crippen LogP contribution is -2.38. The van der Waals surface area contributed by atoms with Crippen LogP contribution in [0.2, 0.25) is 0 Å². The summed E-state index contributed by atoms with van der Waals surface area (Å²) in [6.07, 6.45) is 3.14. The summed E-state index contributed by atoms with van der Waals surface area (Å²) < 4.78 is 1.59. The average Bonchev–Trinajstić information content (AvgIpc) is 3.19. The maximum atomic E-state index is 13.4. The number of amides is 2. The summed E-state index contributed by atoms with van der Waals surface area (Å²) in [7, 11) is 1.77. The third kappa shape index (κ3) is 4.74. The molecule has 0 unspecified atom stereocenters. The highest BCUT2D eigenvalue weighted by molar-refractivity contribution is 5.93. The van der Waals surface area contributed by atoms with E-state index in [4.69, 9.17) is 0 Å². The van der Waals surface area contributed by atoms with Gasteiger partial charge in [-0.05, 0) is 35.6 Å². The second kappa shape index (κ2) is 9.81. The van der Waals surface area contributed by atoms with Crippen LogP contribution in [0.15, 0.2) is 66.9 Å². The predicted octanol–water partition coefficient (Wildman–Crippen LogP) is 3.64. The van der Waals surface area contributed by atoms with E-state index >= 15 is 0 Å². The molecule has 4 rings (SSSR count). The van der Waals surface area contributed by atoms with Crippen LogP contribution in [-0.4, -0.2) is 57.6 Å². The molecule has 1 saturated heterocycles. The van der Waals surface area contributed by atoms with Gasteiger partial charge in [-0.25, -0.2) is 0 Å². The van der Waals surface area contributed by atoms with Crippen LogP contribution in [0.5, 0.6) is 0 Å². The Labute approximate surface area is 189 Å². The van der Waals surface area contributed by atoms with Crippen molar-refractivity contribution < 1.29 is 9.59 Å². The number of aromatic nitrogens is 2. The van der Waals surface area contributed by atoms with Crippen molar-refractivity contribution >= 4 is 11.8 Å². The lowest BCUT2D eigenvalue weighted by Gasteiger charge is -2.24. The van der Waals surface area contributed by atoms with E-state index in [1.54, 1.807) is 24.0 Å². The number of benzene rings is 2. The number of hydrogen-bond donors (Lipinski definition) is 0. The van der Waals surface area contributed by atoms with E-state index in [1.165, 1.54) is 0 Å². The molecule has 3 aromatic rings. The molecule has 1 aliphatic rings. The lowest BCUT2D eigenvalue weighted by molar-refractivity contribution is -0.134. The van der Waals surface area contributed by atoms with Crippen LogP contribution in [0.25, 0.3) is 11.1 Å². The van der Waals surface area contributed by atoms with E-state index in [-0.39, 0.29) is 17.7 Å². The first kappa shape index (κ1) is 21.8. The average molecular weight is 431 g/mol. The molecule has 6 heteroatoms. The van der Waals surface area contributed by atoms with Gasteiger partial charge in [0.25, 0.3) is 5.91 Å². The second-order valence-electron chi connectivity index (χ2n) is 8.38. The quantitative estimate of drug-likeness (QED) is 0.600. The maximum Gasteiger partial charge on any atom is 0.272 e. The van der Waals surface area contributed by atoms with Crippen molar-refractivity contribution in [1.29, 1.82) is 0 Å². The molecule has 1 fully saturated rings. The van der Waals surface area contributed by atoms with Crippen LogP contribution in [0.3, 0.4) is 0 Å². The summed E-state index contributed by atoms with van der Waals surface area (Å²) >= 11 is 0. The number of carbonyl (C=O) groups excluding carboxylic acids is 2. The molecule has 1 aromatic heterocycles. The monoisotopic (exact) mass is 430 g/mol. The first-order chi connectivity index (χ1) is 15.6. The molecular formula is C26H30N4O2. The molecule has 0 spiro atoms. The summed E-state index contributed by atoms with van der Waals surface area (Å²) in [5.41, 5.74) is 3.95. The molecule has 0 N–H and O–H groups in total. The van der Waals surface area contributed by atoms with Crippen molar-refractivity contribution in [3.63, 3.8) is 0 Å². The van der Waals surface area contributed by atoms with Crippen molar-refractivity contribution in [2.24, 2.45) is 13.0 Å². The number of aryl methyl sites for hydroxylation is 1. The summed E-state index contributed by atoms with van der Waals surface area (Å²) in [4.78, 5) is 30.3. The Hall–Kier alpha value is -3.41. The largest absolute Gasteiger partial charge is 0.341 e. The number of carbonyl (C=O) groups is 2. The topological polar surface area (TPSA) is 58.4 Å². The molecule has 32 heavy (non-hydrogen) atoms. The van der Waals surface area contributed by atoms with Gasteiger partial charge < -0.3 is 9.80 Å². The Bertz CT molecular complexity index is 1080. The molecule has 0 saturated carbocycles. The van der Waals surface area contributed by atoms with E-state index in [9.17, 15) is 9.59 Å². The minimum absolute atomic E-state index is 0.0702. The normalized spacial score (nSPS) is 16.8. The summed E-state index contributed by atoms with van der Waals surface area (Å²) in [6, 6.07) is 20.3. The Morgan fingerprint density at radius 1 is 1.03 bits per heavy atom. The first-order valence-electron chi connectivity index (χ1n) is 11.3. The Kier molecular flexibility index (Phi) is 6.69. The van der Waals surface area contributed by atoms with Crippen LogP contribution in [0.1, 0.15) is 29.4 Å². The van der Waals surface area contributed by atoms with Crippen LogP contribution in [-0.2, 0) is 18.3 Å². The molecule has 6 nitrogen and oxygen atoms in total. The van der Waals surface area contributed by atoms with Crippen molar-refractivity contribution in [3.05, 3.63) is 78.1 Å². The van der Waals surface area contributed by atoms with Gasteiger partial charge in [-0.15, -0.1) is 0 Å². The minimum Gasteiger partial charge on any atom is -0.341 e. The van der Waals surface area contributed by atoms with Gasteiger partial charge in [-0.2, -0.15) is 5.10 Å². The zero-order valence-corrected chi connectivity index (χ0v) is 18.8. The molecule has 0 aliphatic carbocycles. The van der Waals surface area contributed by atoms with Crippen molar-refractivity contribution in [1.82, 2.24) is 19.6 Å². The lowest BCUT2D eigenvalue weighted by atomic mass is 9.94. The van der Waals surface area contributed by atoms with Crippen LogP contribution in [0, 0.1) is 5.92 Å². The molecule has 0 bridgehead atoms. The van der Waals surface area contributed by atoms with Gasteiger partial charge in [-0.3, -0.25) is 14.3 Å². The molecule has 2 amide bonds.